The van der Waals surface area contributed by atoms with Crippen molar-refractivity contribution in [2.24, 2.45) is 5.92 Å². The third-order valence-electron chi connectivity index (χ3n) is 4.56. The van der Waals surface area contributed by atoms with Gasteiger partial charge in [0.15, 0.2) is 5.13 Å². The summed E-state index contributed by atoms with van der Waals surface area (Å²) in [6.45, 7) is 0.611. The molecule has 1 aromatic carbocycles. The van der Waals surface area contributed by atoms with Crippen LogP contribution < -0.4 is 10.1 Å². The lowest BCUT2D eigenvalue weighted by Crippen LogP contribution is -2.35. The lowest BCUT2D eigenvalue weighted by Gasteiger charge is -2.26. The third kappa shape index (κ3) is 3.22. The first-order valence-electron chi connectivity index (χ1n) is 8.41. The summed E-state index contributed by atoms with van der Waals surface area (Å²) in [5.41, 5.74) is 0.868. The highest BCUT2D eigenvalue weighted by atomic mass is 32.2. The summed E-state index contributed by atoms with van der Waals surface area (Å²) in [4.78, 5) is 17.4. The Hall–Kier alpha value is -1.97. The number of thiazole rings is 1. The Morgan fingerprint density at radius 3 is 2.85 bits per heavy atom. The molecule has 1 N–H and O–H groups in total. The minimum atomic E-state index is -3.66. The van der Waals surface area contributed by atoms with E-state index in [9.17, 15) is 13.2 Å². The fourth-order valence-electron chi connectivity index (χ4n) is 2.95. The molecule has 7 nitrogen and oxygen atoms in total. The van der Waals surface area contributed by atoms with E-state index in [1.165, 1.54) is 22.8 Å². The van der Waals surface area contributed by atoms with Crippen LogP contribution >= 0.6 is 11.3 Å². The molecule has 0 spiro atoms. The molecular formula is C17H19N3O4S2. The van der Waals surface area contributed by atoms with Gasteiger partial charge >= 0.3 is 0 Å². The number of rotatable bonds is 5. The van der Waals surface area contributed by atoms with E-state index in [-0.39, 0.29) is 23.3 Å². The maximum atomic E-state index is 13.0. The van der Waals surface area contributed by atoms with Gasteiger partial charge in [0.1, 0.15) is 10.6 Å². The highest BCUT2D eigenvalue weighted by molar-refractivity contribution is 7.89. The molecule has 9 heteroatoms. The Bertz CT molecular complexity index is 951. The van der Waals surface area contributed by atoms with Gasteiger partial charge in [0.05, 0.1) is 19.3 Å². The lowest BCUT2D eigenvalue weighted by molar-refractivity contribution is -0.117. The largest absolute Gasteiger partial charge is 0.495 e. The summed E-state index contributed by atoms with van der Waals surface area (Å²) in [5, 5.41) is 3.40. The topological polar surface area (TPSA) is 88.6 Å². The smallest absolute Gasteiger partial charge is 0.247 e. The van der Waals surface area contributed by atoms with Gasteiger partial charge in [0.2, 0.25) is 15.9 Å². The summed E-state index contributed by atoms with van der Waals surface area (Å²) in [5.74, 6) is 0.452. The van der Waals surface area contributed by atoms with Crippen LogP contribution in [0.4, 0.5) is 5.13 Å². The van der Waals surface area contributed by atoms with Gasteiger partial charge in [-0.2, -0.15) is 4.31 Å². The summed E-state index contributed by atoms with van der Waals surface area (Å²) in [6.07, 6.45) is 2.39. The molecule has 26 heavy (non-hydrogen) atoms. The van der Waals surface area contributed by atoms with Crippen LogP contribution in [0.5, 0.6) is 5.75 Å². The highest BCUT2D eigenvalue weighted by Crippen LogP contribution is 2.35. The monoisotopic (exact) mass is 393 g/mol. The van der Waals surface area contributed by atoms with Gasteiger partial charge in [-0.1, -0.05) is 12.1 Å². The van der Waals surface area contributed by atoms with Crippen LogP contribution in [0.1, 0.15) is 23.4 Å². The molecule has 0 atom stereocenters. The van der Waals surface area contributed by atoms with Gasteiger partial charge in [-0.3, -0.25) is 4.79 Å². The number of fused-ring (bicyclic) bond motifs is 1. The Morgan fingerprint density at radius 1 is 1.35 bits per heavy atom. The number of ether oxygens (including phenoxy) is 1. The van der Waals surface area contributed by atoms with Gasteiger partial charge in [0, 0.05) is 23.8 Å². The molecule has 1 saturated carbocycles. The van der Waals surface area contributed by atoms with Crippen LogP contribution in [0.2, 0.25) is 0 Å². The molecule has 2 aromatic rings. The van der Waals surface area contributed by atoms with E-state index in [0.717, 1.165) is 23.4 Å². The molecule has 0 unspecified atom stereocenters. The Labute approximate surface area is 156 Å². The number of anilines is 1. The molecule has 1 fully saturated rings. The predicted octanol–water partition coefficient (Wildman–Crippen LogP) is 2.25. The number of carbonyl (C=O) groups excluding carboxylic acids is 1. The number of benzene rings is 1. The van der Waals surface area contributed by atoms with Crippen molar-refractivity contribution in [3.63, 3.8) is 0 Å². The van der Waals surface area contributed by atoms with Crippen molar-refractivity contribution in [3.8, 4) is 5.75 Å². The molecule has 1 aromatic heterocycles. The van der Waals surface area contributed by atoms with E-state index in [4.69, 9.17) is 4.74 Å². The van der Waals surface area contributed by atoms with Crippen molar-refractivity contribution < 1.29 is 17.9 Å². The van der Waals surface area contributed by atoms with E-state index in [1.54, 1.807) is 24.3 Å². The number of nitrogens with one attached hydrogen (secondary N) is 1. The Balaban J connectivity index is 1.56. The van der Waals surface area contributed by atoms with Crippen molar-refractivity contribution in [2.45, 2.75) is 30.7 Å². The second-order valence-corrected chi connectivity index (χ2v) is 9.38. The van der Waals surface area contributed by atoms with Gasteiger partial charge in [0.25, 0.3) is 0 Å². The SMILES string of the molecule is COc1ccccc1S(=O)(=O)N1CCc2nc(NC(=O)C3CC3)sc2C1. The summed E-state index contributed by atoms with van der Waals surface area (Å²) in [6, 6.07) is 6.62. The predicted molar refractivity (Wildman–Crippen MR) is 97.8 cm³/mol. The zero-order chi connectivity index (χ0) is 18.3. The van der Waals surface area contributed by atoms with Gasteiger partial charge in [-0.25, -0.2) is 13.4 Å². The molecular weight excluding hydrogens is 374 g/mol. The highest BCUT2D eigenvalue weighted by Gasteiger charge is 2.33. The average molecular weight is 393 g/mol. The normalized spacial score (nSPS) is 17.6. The molecule has 0 saturated heterocycles. The number of hydrogen-bond donors (Lipinski definition) is 1. The maximum absolute atomic E-state index is 13.0. The van der Waals surface area contributed by atoms with Crippen molar-refractivity contribution in [1.82, 2.24) is 9.29 Å². The van der Waals surface area contributed by atoms with Crippen LogP contribution in [0.15, 0.2) is 29.2 Å². The van der Waals surface area contributed by atoms with E-state index in [2.05, 4.69) is 10.3 Å². The number of carbonyl (C=O) groups is 1. The molecule has 0 bridgehead atoms. The van der Waals surface area contributed by atoms with Crippen molar-refractivity contribution >= 4 is 32.4 Å². The van der Waals surface area contributed by atoms with Gasteiger partial charge in [-0.15, -0.1) is 11.3 Å². The molecule has 0 radical (unpaired) electrons. The third-order valence-corrected chi connectivity index (χ3v) is 7.44. The standard InChI is InChI=1S/C17H19N3O4S2/c1-24-13-4-2-3-5-15(13)26(22,23)20-9-8-12-14(10-20)25-17(18-12)19-16(21)11-6-7-11/h2-5,11H,6-10H2,1H3,(H,18,19,21). The number of aromatic nitrogens is 1. The summed E-state index contributed by atoms with van der Waals surface area (Å²) < 4.78 is 32.7. The zero-order valence-electron chi connectivity index (χ0n) is 14.3. The molecule has 1 aliphatic carbocycles. The van der Waals surface area contributed by atoms with Crippen molar-refractivity contribution in [1.29, 1.82) is 0 Å². The van der Waals surface area contributed by atoms with Crippen LogP contribution in [0.3, 0.4) is 0 Å². The molecule has 1 amide bonds. The minimum absolute atomic E-state index is 0.00889. The molecule has 4 rings (SSSR count). The number of sulfonamides is 1. The number of para-hydroxylation sites is 1. The summed E-state index contributed by atoms with van der Waals surface area (Å²) in [7, 11) is -2.21. The van der Waals surface area contributed by atoms with Crippen LogP contribution in [0.25, 0.3) is 0 Å². The number of methoxy groups -OCH3 is 1. The number of hydrogen-bond acceptors (Lipinski definition) is 6. The Kier molecular flexibility index (Phi) is 4.45. The van der Waals surface area contributed by atoms with Crippen molar-refractivity contribution in [3.05, 3.63) is 34.8 Å². The quantitative estimate of drug-likeness (QED) is 0.842. The molecule has 138 valence electrons. The van der Waals surface area contributed by atoms with Gasteiger partial charge < -0.3 is 10.1 Å². The Morgan fingerprint density at radius 2 is 2.12 bits per heavy atom. The fraction of sp³-hybridized carbons (Fsp3) is 0.412. The van der Waals surface area contributed by atoms with E-state index >= 15 is 0 Å². The van der Waals surface area contributed by atoms with E-state index in [1.807, 2.05) is 0 Å². The zero-order valence-corrected chi connectivity index (χ0v) is 15.9. The first-order valence-corrected chi connectivity index (χ1v) is 10.7. The van der Waals surface area contributed by atoms with Crippen LogP contribution in [-0.2, 0) is 27.8 Å². The molecule has 1 aliphatic heterocycles. The van der Waals surface area contributed by atoms with Crippen molar-refractivity contribution in [2.75, 3.05) is 19.0 Å². The molecule has 2 aliphatic rings. The number of amides is 1. The number of nitrogens with zero attached hydrogens (tertiary/aromatic N) is 2. The average Bonchev–Trinajstić information content (AvgIpc) is 3.41. The second kappa shape index (κ2) is 6.64. The van der Waals surface area contributed by atoms with E-state index < -0.39 is 10.0 Å². The minimum Gasteiger partial charge on any atom is -0.495 e. The molecule has 2 heterocycles. The first kappa shape index (κ1) is 17.4. The lowest BCUT2D eigenvalue weighted by atomic mass is 10.2. The first-order chi connectivity index (χ1) is 12.5. The second-order valence-electron chi connectivity index (χ2n) is 6.39. The van der Waals surface area contributed by atoms with Crippen LogP contribution in [0, 0.1) is 5.92 Å². The van der Waals surface area contributed by atoms with E-state index in [0.29, 0.717) is 23.8 Å². The van der Waals surface area contributed by atoms with Gasteiger partial charge in [-0.05, 0) is 25.0 Å². The summed E-state index contributed by atoms with van der Waals surface area (Å²) >= 11 is 1.35. The fourth-order valence-corrected chi connectivity index (χ4v) is 5.63. The van der Waals surface area contributed by atoms with Crippen LogP contribution in [-0.4, -0.2) is 37.3 Å². The maximum Gasteiger partial charge on any atom is 0.247 e.